The lowest BCUT2D eigenvalue weighted by Gasteiger charge is -1.96. The Bertz CT molecular complexity index is 530. The Morgan fingerprint density at radius 1 is 1.29 bits per heavy atom. The number of rotatable bonds is 3. The van der Waals surface area contributed by atoms with E-state index in [1.54, 1.807) is 23.5 Å². The van der Waals surface area contributed by atoms with Crippen LogP contribution in [-0.2, 0) is 0 Å². The van der Waals surface area contributed by atoms with E-state index in [1.165, 1.54) is 28.8 Å². The molecule has 0 radical (unpaired) electrons. The number of hydrogen-bond donors (Lipinski definition) is 0. The summed E-state index contributed by atoms with van der Waals surface area (Å²) in [5.74, 6) is 0. The molecule has 0 spiro atoms. The van der Waals surface area contributed by atoms with Gasteiger partial charge in [0, 0.05) is 21.9 Å². The van der Waals surface area contributed by atoms with Crippen LogP contribution >= 0.6 is 23.1 Å². The van der Waals surface area contributed by atoms with E-state index in [2.05, 4.69) is 4.98 Å². The number of nitro groups is 1. The van der Waals surface area contributed by atoms with Crippen LogP contribution in [0.15, 0.2) is 33.5 Å². The zero-order valence-corrected chi connectivity index (χ0v) is 11.0. The largest absolute Gasteiger partial charge is 0.269 e. The predicted molar refractivity (Wildman–Crippen MR) is 68.8 cm³/mol. The molecule has 88 valence electrons. The van der Waals surface area contributed by atoms with Crippen LogP contribution in [0.5, 0.6) is 0 Å². The van der Waals surface area contributed by atoms with E-state index in [9.17, 15) is 10.1 Å². The van der Waals surface area contributed by atoms with Crippen LogP contribution < -0.4 is 0 Å². The van der Waals surface area contributed by atoms with Gasteiger partial charge in [-0.25, -0.2) is 4.98 Å². The summed E-state index contributed by atoms with van der Waals surface area (Å²) in [4.78, 5) is 16.7. The Morgan fingerprint density at radius 3 is 2.41 bits per heavy atom. The third-order valence-corrected chi connectivity index (χ3v) is 4.40. The van der Waals surface area contributed by atoms with Crippen molar-refractivity contribution < 1.29 is 4.92 Å². The van der Waals surface area contributed by atoms with E-state index < -0.39 is 4.92 Å². The van der Waals surface area contributed by atoms with Crippen LogP contribution in [-0.4, -0.2) is 9.91 Å². The first-order chi connectivity index (χ1) is 8.06. The second kappa shape index (κ2) is 4.85. The van der Waals surface area contributed by atoms with Gasteiger partial charge in [-0.1, -0.05) is 11.8 Å². The summed E-state index contributed by atoms with van der Waals surface area (Å²) in [5, 5.41) is 10.5. The maximum Gasteiger partial charge on any atom is 0.269 e. The number of aryl methyl sites for hydroxylation is 2. The average molecular weight is 266 g/mol. The van der Waals surface area contributed by atoms with Gasteiger partial charge in [-0.05, 0) is 26.0 Å². The van der Waals surface area contributed by atoms with Gasteiger partial charge >= 0.3 is 0 Å². The highest BCUT2D eigenvalue weighted by molar-refractivity contribution is 8.01. The SMILES string of the molecule is Cc1nc(Sc2ccc([N+](=O)[O-])cc2)sc1C. The second-order valence-electron chi connectivity index (χ2n) is 3.47. The molecule has 0 saturated carbocycles. The van der Waals surface area contributed by atoms with Gasteiger partial charge in [0.1, 0.15) is 0 Å². The molecule has 1 heterocycles. The first-order valence-corrected chi connectivity index (χ1v) is 6.56. The van der Waals surface area contributed by atoms with E-state index in [1.807, 2.05) is 13.8 Å². The summed E-state index contributed by atoms with van der Waals surface area (Å²) >= 11 is 3.17. The monoisotopic (exact) mass is 266 g/mol. The minimum Gasteiger partial charge on any atom is -0.258 e. The molecule has 6 heteroatoms. The number of aromatic nitrogens is 1. The topological polar surface area (TPSA) is 56.0 Å². The number of nitro benzene ring substituents is 1. The molecular formula is C11H10N2O2S2. The van der Waals surface area contributed by atoms with Gasteiger partial charge in [0.2, 0.25) is 0 Å². The fraction of sp³-hybridized carbons (Fsp3) is 0.182. The molecule has 1 aromatic heterocycles. The highest BCUT2D eigenvalue weighted by Gasteiger charge is 2.08. The van der Waals surface area contributed by atoms with Crippen molar-refractivity contribution in [2.75, 3.05) is 0 Å². The van der Waals surface area contributed by atoms with Crippen LogP contribution in [0.3, 0.4) is 0 Å². The van der Waals surface area contributed by atoms with Crippen LogP contribution in [0.4, 0.5) is 5.69 Å². The molecule has 2 aromatic rings. The smallest absolute Gasteiger partial charge is 0.258 e. The van der Waals surface area contributed by atoms with Crippen molar-refractivity contribution in [3.8, 4) is 0 Å². The van der Waals surface area contributed by atoms with Crippen molar-refractivity contribution in [1.82, 2.24) is 4.98 Å². The minimum atomic E-state index is -0.397. The van der Waals surface area contributed by atoms with Gasteiger partial charge in [0.15, 0.2) is 4.34 Å². The van der Waals surface area contributed by atoms with Crippen LogP contribution in [0.25, 0.3) is 0 Å². The van der Waals surface area contributed by atoms with Crippen molar-refractivity contribution in [3.05, 3.63) is 45.0 Å². The Labute approximate surface area is 107 Å². The van der Waals surface area contributed by atoms with E-state index in [4.69, 9.17) is 0 Å². The quantitative estimate of drug-likeness (QED) is 0.626. The highest BCUT2D eigenvalue weighted by Crippen LogP contribution is 2.33. The first-order valence-electron chi connectivity index (χ1n) is 4.92. The molecule has 17 heavy (non-hydrogen) atoms. The summed E-state index contributed by atoms with van der Waals surface area (Å²) < 4.78 is 0.967. The van der Waals surface area contributed by atoms with Crippen molar-refractivity contribution in [2.24, 2.45) is 0 Å². The third kappa shape index (κ3) is 2.83. The fourth-order valence-electron chi connectivity index (χ4n) is 1.22. The molecular weight excluding hydrogens is 256 g/mol. The zero-order chi connectivity index (χ0) is 12.4. The number of non-ortho nitro benzene ring substituents is 1. The standard InChI is InChI=1S/C11H10N2O2S2/c1-7-8(2)16-11(12-7)17-10-5-3-9(4-6-10)13(14)15/h3-6H,1-2H3. The van der Waals surface area contributed by atoms with Gasteiger partial charge in [0.05, 0.1) is 10.6 Å². The Hall–Kier alpha value is -1.40. The molecule has 0 bridgehead atoms. The number of thiazole rings is 1. The van der Waals surface area contributed by atoms with Crippen LogP contribution in [0.1, 0.15) is 10.6 Å². The van der Waals surface area contributed by atoms with E-state index >= 15 is 0 Å². The van der Waals surface area contributed by atoms with Crippen molar-refractivity contribution in [1.29, 1.82) is 0 Å². The summed E-state index contributed by atoms with van der Waals surface area (Å²) in [5.41, 5.74) is 1.15. The molecule has 1 aromatic carbocycles. The van der Waals surface area contributed by atoms with Gasteiger partial charge in [-0.2, -0.15) is 0 Å². The van der Waals surface area contributed by atoms with Gasteiger partial charge in [0.25, 0.3) is 5.69 Å². The molecule has 0 unspecified atom stereocenters. The Kier molecular flexibility index (Phi) is 3.44. The Morgan fingerprint density at radius 2 is 1.94 bits per heavy atom. The molecule has 0 aliphatic heterocycles. The van der Waals surface area contributed by atoms with E-state index in [-0.39, 0.29) is 5.69 Å². The average Bonchev–Trinajstić information content (AvgIpc) is 2.58. The molecule has 0 fully saturated rings. The second-order valence-corrected chi connectivity index (χ2v) is 6.00. The highest BCUT2D eigenvalue weighted by atomic mass is 32.2. The molecule has 0 N–H and O–H groups in total. The normalized spacial score (nSPS) is 10.5. The summed E-state index contributed by atoms with van der Waals surface area (Å²) in [6, 6.07) is 6.51. The van der Waals surface area contributed by atoms with Crippen LogP contribution in [0, 0.1) is 24.0 Å². The molecule has 0 saturated heterocycles. The van der Waals surface area contributed by atoms with Crippen molar-refractivity contribution in [2.45, 2.75) is 23.1 Å². The molecule has 0 aliphatic rings. The maximum atomic E-state index is 10.5. The maximum absolute atomic E-state index is 10.5. The third-order valence-electron chi connectivity index (χ3n) is 2.26. The van der Waals surface area contributed by atoms with E-state index in [0.717, 1.165) is 14.9 Å². The lowest BCUT2D eigenvalue weighted by atomic mass is 10.3. The Balaban J connectivity index is 2.16. The fourth-order valence-corrected chi connectivity index (χ4v) is 3.35. The first kappa shape index (κ1) is 12.1. The number of benzene rings is 1. The van der Waals surface area contributed by atoms with Gasteiger partial charge < -0.3 is 0 Å². The molecule has 4 nitrogen and oxygen atoms in total. The number of nitrogens with zero attached hydrogens (tertiary/aromatic N) is 2. The molecule has 2 rings (SSSR count). The van der Waals surface area contributed by atoms with Gasteiger partial charge in [-0.3, -0.25) is 10.1 Å². The van der Waals surface area contributed by atoms with Crippen molar-refractivity contribution >= 4 is 28.8 Å². The molecule has 0 atom stereocenters. The molecule has 0 amide bonds. The predicted octanol–water partition coefficient (Wildman–Crippen LogP) is 3.82. The summed E-state index contributed by atoms with van der Waals surface area (Å²) in [7, 11) is 0. The zero-order valence-electron chi connectivity index (χ0n) is 9.34. The molecule has 0 aliphatic carbocycles. The lowest BCUT2D eigenvalue weighted by molar-refractivity contribution is -0.384. The minimum absolute atomic E-state index is 0.112. The lowest BCUT2D eigenvalue weighted by Crippen LogP contribution is -1.86. The van der Waals surface area contributed by atoms with Crippen molar-refractivity contribution in [3.63, 3.8) is 0 Å². The van der Waals surface area contributed by atoms with Crippen LogP contribution in [0.2, 0.25) is 0 Å². The summed E-state index contributed by atoms with van der Waals surface area (Å²) in [6.07, 6.45) is 0. The van der Waals surface area contributed by atoms with E-state index in [0.29, 0.717) is 0 Å². The van der Waals surface area contributed by atoms with Gasteiger partial charge in [-0.15, -0.1) is 11.3 Å². The summed E-state index contributed by atoms with van der Waals surface area (Å²) in [6.45, 7) is 4.01. The number of hydrogen-bond acceptors (Lipinski definition) is 5.